The number of ether oxygens (including phenoxy) is 1. The smallest absolute Gasteiger partial charge is 0.475 e. The molecule has 212 valence electrons. The van der Waals surface area contributed by atoms with Crippen LogP contribution < -0.4 is 5.73 Å². The largest absolute Gasteiger partial charge is 0.490 e. The van der Waals surface area contributed by atoms with Gasteiger partial charge in [0.1, 0.15) is 4.88 Å². The molecule has 1 aliphatic heterocycles. The van der Waals surface area contributed by atoms with Gasteiger partial charge in [0.15, 0.2) is 5.78 Å². The number of thiophene rings is 1. The number of Topliss-reactive ketones (excluding diaryl/α,β-unsaturated/α-hetero) is 1. The predicted octanol–water partition coefficient (Wildman–Crippen LogP) is 4.80. The molecule has 0 saturated carbocycles. The Labute approximate surface area is 227 Å². The Balaban J connectivity index is 0.000000532. The lowest BCUT2D eigenvalue weighted by Gasteiger charge is -2.33. The number of hydrogen-bond donors (Lipinski definition) is 2. The molecule has 1 amide bonds. The van der Waals surface area contributed by atoms with Crippen LogP contribution in [0.1, 0.15) is 85.4 Å². The second-order valence-electron chi connectivity index (χ2n) is 10.4. The van der Waals surface area contributed by atoms with E-state index >= 15 is 0 Å². The van der Waals surface area contributed by atoms with Gasteiger partial charge in [-0.15, -0.1) is 11.3 Å². The summed E-state index contributed by atoms with van der Waals surface area (Å²) in [5.41, 5.74) is 9.06. The number of methoxy groups -OCH3 is 1. The Morgan fingerprint density at radius 3 is 2.31 bits per heavy atom. The summed E-state index contributed by atoms with van der Waals surface area (Å²) < 4.78 is 36.6. The average Bonchev–Trinajstić information content (AvgIpc) is 3.26. The van der Waals surface area contributed by atoms with E-state index in [0.717, 1.165) is 35.3 Å². The van der Waals surface area contributed by atoms with E-state index in [1.54, 1.807) is 0 Å². The summed E-state index contributed by atoms with van der Waals surface area (Å²) in [7, 11) is 1.30. The minimum atomic E-state index is -5.08. The number of alkyl halides is 3. The number of ketones is 1. The van der Waals surface area contributed by atoms with Crippen LogP contribution in [-0.4, -0.2) is 60.0 Å². The maximum Gasteiger partial charge on any atom is 0.490 e. The highest BCUT2D eigenvalue weighted by molar-refractivity contribution is 7.16. The molecule has 12 heteroatoms. The highest BCUT2D eigenvalue weighted by Crippen LogP contribution is 2.42. The van der Waals surface area contributed by atoms with Crippen molar-refractivity contribution in [2.75, 3.05) is 20.2 Å². The molecule has 0 unspecified atom stereocenters. The lowest BCUT2D eigenvalue weighted by molar-refractivity contribution is -0.192. The summed E-state index contributed by atoms with van der Waals surface area (Å²) in [6, 6.07) is 8.37. The Hall–Kier alpha value is -3.25. The van der Waals surface area contributed by atoms with Gasteiger partial charge in [0.05, 0.1) is 12.0 Å². The van der Waals surface area contributed by atoms with E-state index in [2.05, 4.69) is 12.1 Å². The second-order valence-corrected chi connectivity index (χ2v) is 11.4. The van der Waals surface area contributed by atoms with Gasteiger partial charge in [-0.1, -0.05) is 38.1 Å². The number of carbonyl (C=O) groups is 4. The Kier molecular flexibility index (Phi) is 9.22. The lowest BCUT2D eigenvalue weighted by Crippen LogP contribution is -2.38. The number of esters is 1. The maximum absolute atomic E-state index is 13.5. The lowest BCUT2D eigenvalue weighted by atomic mass is 9.73. The molecule has 2 aliphatic rings. The van der Waals surface area contributed by atoms with Crippen molar-refractivity contribution in [3.63, 3.8) is 0 Å². The van der Waals surface area contributed by atoms with Crippen molar-refractivity contribution in [2.45, 2.75) is 58.2 Å². The van der Waals surface area contributed by atoms with Gasteiger partial charge in [-0.05, 0) is 47.3 Å². The molecule has 3 N–H and O–H groups in total. The quantitative estimate of drug-likeness (QED) is 0.507. The molecule has 2 heterocycles. The van der Waals surface area contributed by atoms with Crippen LogP contribution in [0.25, 0.3) is 0 Å². The Morgan fingerprint density at radius 2 is 1.77 bits per heavy atom. The van der Waals surface area contributed by atoms with Crippen LogP contribution in [-0.2, 0) is 22.5 Å². The molecule has 4 rings (SSSR count). The van der Waals surface area contributed by atoms with Crippen LogP contribution in [0, 0.1) is 5.41 Å². The molecule has 8 nitrogen and oxygen atoms in total. The van der Waals surface area contributed by atoms with Crippen molar-refractivity contribution in [3.05, 3.63) is 56.3 Å². The van der Waals surface area contributed by atoms with E-state index in [1.165, 1.54) is 12.7 Å². The first-order valence-corrected chi connectivity index (χ1v) is 13.2. The summed E-state index contributed by atoms with van der Waals surface area (Å²) in [6.45, 7) is 5.87. The molecule has 1 aromatic heterocycles. The maximum atomic E-state index is 13.5. The number of carboxylic acid groups (broad SMARTS) is 1. The number of piperidine rings is 1. The number of rotatable bonds is 4. The molecule has 0 atom stereocenters. The molecule has 0 radical (unpaired) electrons. The average molecular weight is 569 g/mol. The molecule has 39 heavy (non-hydrogen) atoms. The van der Waals surface area contributed by atoms with E-state index in [9.17, 15) is 27.6 Å². The van der Waals surface area contributed by atoms with Crippen molar-refractivity contribution >= 4 is 35.0 Å². The number of nitrogens with two attached hydrogens (primary N) is 1. The first-order valence-electron chi connectivity index (χ1n) is 12.3. The Morgan fingerprint density at radius 1 is 1.15 bits per heavy atom. The van der Waals surface area contributed by atoms with Crippen LogP contribution in [0.3, 0.4) is 0 Å². The van der Waals surface area contributed by atoms with Crippen LogP contribution in [0.4, 0.5) is 13.2 Å². The van der Waals surface area contributed by atoms with Crippen molar-refractivity contribution in [1.29, 1.82) is 0 Å². The third-order valence-corrected chi connectivity index (χ3v) is 8.03. The topological polar surface area (TPSA) is 127 Å². The van der Waals surface area contributed by atoms with E-state index in [0.29, 0.717) is 48.8 Å². The van der Waals surface area contributed by atoms with Gasteiger partial charge >= 0.3 is 18.1 Å². The number of carbonyl (C=O) groups excluding carboxylic acids is 3. The van der Waals surface area contributed by atoms with Gasteiger partial charge in [0.2, 0.25) is 0 Å². The van der Waals surface area contributed by atoms with E-state index < -0.39 is 18.1 Å². The van der Waals surface area contributed by atoms with Crippen molar-refractivity contribution in [3.8, 4) is 0 Å². The highest BCUT2D eigenvalue weighted by atomic mass is 32.1. The predicted molar refractivity (Wildman–Crippen MR) is 138 cm³/mol. The van der Waals surface area contributed by atoms with Crippen molar-refractivity contribution in [1.82, 2.24) is 4.90 Å². The number of benzene rings is 1. The monoisotopic (exact) mass is 568 g/mol. The normalized spacial score (nSPS) is 17.1. The molecule has 1 fully saturated rings. The van der Waals surface area contributed by atoms with Gasteiger partial charge in [-0.25, -0.2) is 9.59 Å². The molecular formula is C27H31F3N2O6S. The van der Waals surface area contributed by atoms with E-state index in [-0.39, 0.29) is 22.0 Å². The van der Waals surface area contributed by atoms with Crippen LogP contribution in [0.5, 0.6) is 0 Å². The van der Waals surface area contributed by atoms with Crippen LogP contribution in [0.15, 0.2) is 24.3 Å². The van der Waals surface area contributed by atoms with Gasteiger partial charge in [0.25, 0.3) is 5.91 Å². The van der Waals surface area contributed by atoms with Gasteiger partial charge < -0.3 is 20.5 Å². The summed E-state index contributed by atoms with van der Waals surface area (Å²) in [6.07, 6.45) is -2.37. The molecule has 2 aromatic rings. The van der Waals surface area contributed by atoms with E-state index in [1.807, 2.05) is 30.9 Å². The fourth-order valence-electron chi connectivity index (χ4n) is 4.94. The second kappa shape index (κ2) is 11.9. The first kappa shape index (κ1) is 30.3. The zero-order valence-electron chi connectivity index (χ0n) is 21.9. The number of nitrogens with zero attached hydrogens (tertiary/aromatic N) is 1. The number of hydrogen-bond acceptors (Lipinski definition) is 7. The summed E-state index contributed by atoms with van der Waals surface area (Å²) >= 11 is 1.12. The minimum absolute atomic E-state index is 0.0783. The van der Waals surface area contributed by atoms with E-state index in [4.69, 9.17) is 20.4 Å². The fourth-order valence-corrected chi connectivity index (χ4v) is 6.16. The summed E-state index contributed by atoms with van der Waals surface area (Å²) in [4.78, 5) is 50.3. The molecule has 1 saturated heterocycles. The number of fused-ring (bicyclic) bond motifs is 1. The molecular weight excluding hydrogens is 537 g/mol. The zero-order valence-corrected chi connectivity index (χ0v) is 22.7. The minimum Gasteiger partial charge on any atom is -0.475 e. The summed E-state index contributed by atoms with van der Waals surface area (Å²) in [5.74, 6) is -3.07. The van der Waals surface area contributed by atoms with Crippen molar-refractivity contribution in [2.24, 2.45) is 11.1 Å². The molecule has 1 aliphatic carbocycles. The number of carboxylic acids is 1. The number of likely N-dealkylation sites (tertiary alicyclic amines) is 1. The van der Waals surface area contributed by atoms with Crippen LogP contribution >= 0.6 is 11.3 Å². The number of aliphatic carboxylic acids is 1. The Bertz CT molecular complexity index is 1260. The van der Waals surface area contributed by atoms with Crippen LogP contribution in [0.2, 0.25) is 0 Å². The third kappa shape index (κ3) is 7.04. The SMILES string of the molecule is COC(=O)c1sc(C(=O)N2CCC(c3cccc(CN)c3)CC2)c2c1C(=O)CC(C)(C)C2.O=C(O)C(F)(F)F. The van der Waals surface area contributed by atoms with Gasteiger partial charge in [0, 0.05) is 31.6 Å². The zero-order chi connectivity index (χ0) is 29.1. The third-order valence-electron chi connectivity index (χ3n) is 6.83. The number of halogens is 3. The molecule has 0 bridgehead atoms. The van der Waals surface area contributed by atoms with Crippen molar-refractivity contribution < 1.29 is 42.2 Å². The molecule has 0 spiro atoms. The van der Waals surface area contributed by atoms with Gasteiger partial charge in [-0.2, -0.15) is 13.2 Å². The standard InChI is InChI=1S/C25H30N2O4S.C2HF3O2/c1-25(2)12-18-20(19(28)13-25)22(24(30)31-3)32-21(18)23(29)27-9-7-16(8-10-27)17-6-4-5-15(11-17)14-26;3-2(4,5)1(6)7/h4-6,11,16H,7-10,12-14,26H2,1-3H3;(H,6,7). The summed E-state index contributed by atoms with van der Waals surface area (Å²) in [5, 5.41) is 7.12. The number of amides is 1. The first-order chi connectivity index (χ1) is 18.2. The molecule has 1 aromatic carbocycles. The fraction of sp³-hybridized carbons (Fsp3) is 0.481. The van der Waals surface area contributed by atoms with Gasteiger partial charge in [-0.3, -0.25) is 9.59 Å². The highest BCUT2D eigenvalue weighted by Gasteiger charge is 2.40.